The van der Waals surface area contributed by atoms with E-state index in [1.54, 1.807) is 6.20 Å². The summed E-state index contributed by atoms with van der Waals surface area (Å²) in [7, 11) is 0. The number of para-hydroxylation sites is 1. The third kappa shape index (κ3) is 2.17. The van der Waals surface area contributed by atoms with Gasteiger partial charge in [0.25, 0.3) is 0 Å². The first-order chi connectivity index (χ1) is 10.8. The molecule has 3 nitrogen and oxygen atoms in total. The minimum absolute atomic E-state index is 0.583. The van der Waals surface area contributed by atoms with E-state index in [4.69, 9.17) is 4.74 Å². The second kappa shape index (κ2) is 5.11. The Morgan fingerprint density at radius 3 is 2.41 bits per heavy atom. The summed E-state index contributed by atoms with van der Waals surface area (Å²) in [6.07, 6.45) is 1.79. The minimum Gasteiger partial charge on any atom is -0.439 e. The van der Waals surface area contributed by atoms with Crippen molar-refractivity contribution >= 4 is 21.8 Å². The highest BCUT2D eigenvalue weighted by molar-refractivity contribution is 6.02. The van der Waals surface area contributed by atoms with Gasteiger partial charge < -0.3 is 4.74 Å². The van der Waals surface area contributed by atoms with E-state index in [0.29, 0.717) is 5.88 Å². The molecule has 0 unspecified atom stereocenters. The van der Waals surface area contributed by atoms with Gasteiger partial charge in [-0.25, -0.2) is 4.98 Å². The lowest BCUT2D eigenvalue weighted by Gasteiger charge is -2.09. The first-order valence-electron chi connectivity index (χ1n) is 7.19. The van der Waals surface area contributed by atoms with E-state index in [2.05, 4.69) is 22.1 Å². The molecular weight excluding hydrogens is 272 g/mol. The van der Waals surface area contributed by atoms with Crippen molar-refractivity contribution in [3.8, 4) is 11.6 Å². The fourth-order valence-electron chi connectivity index (χ4n) is 2.55. The molecule has 0 aliphatic rings. The molecule has 0 bridgehead atoms. The van der Waals surface area contributed by atoms with Crippen molar-refractivity contribution in [1.82, 2.24) is 9.97 Å². The van der Waals surface area contributed by atoms with Gasteiger partial charge in [-0.2, -0.15) is 0 Å². The van der Waals surface area contributed by atoms with Crippen molar-refractivity contribution in [3.63, 3.8) is 0 Å². The highest BCUT2D eigenvalue weighted by atomic mass is 16.5. The van der Waals surface area contributed by atoms with Crippen molar-refractivity contribution in [2.75, 3.05) is 0 Å². The number of rotatable bonds is 2. The number of benzene rings is 2. The van der Waals surface area contributed by atoms with E-state index in [1.165, 1.54) is 0 Å². The van der Waals surface area contributed by atoms with E-state index >= 15 is 0 Å². The maximum Gasteiger partial charge on any atom is 0.219 e. The number of hydrogen-bond donors (Lipinski definition) is 0. The van der Waals surface area contributed by atoms with Crippen molar-refractivity contribution in [2.24, 2.45) is 0 Å². The van der Waals surface area contributed by atoms with Crippen molar-refractivity contribution in [1.29, 1.82) is 0 Å². The molecular formula is C19H14N2O. The molecule has 2 aromatic heterocycles. The Bertz CT molecular complexity index is 979. The van der Waals surface area contributed by atoms with Crippen LogP contribution >= 0.6 is 0 Å². The van der Waals surface area contributed by atoms with Gasteiger partial charge in [0, 0.05) is 23.0 Å². The number of aromatic nitrogens is 2. The third-order valence-electron chi connectivity index (χ3n) is 3.71. The number of hydrogen-bond acceptors (Lipinski definition) is 3. The molecule has 22 heavy (non-hydrogen) atoms. The van der Waals surface area contributed by atoms with Crippen LogP contribution in [0, 0.1) is 6.92 Å². The molecule has 0 saturated carbocycles. The number of pyridine rings is 2. The normalized spacial score (nSPS) is 11.0. The lowest BCUT2D eigenvalue weighted by atomic mass is 10.1. The molecule has 0 saturated heterocycles. The van der Waals surface area contributed by atoms with Crippen LogP contribution in [0.1, 0.15) is 5.56 Å². The molecule has 0 N–H and O–H groups in total. The molecule has 2 heterocycles. The van der Waals surface area contributed by atoms with E-state index in [9.17, 15) is 0 Å². The average molecular weight is 286 g/mol. The second-order valence-electron chi connectivity index (χ2n) is 5.23. The quantitative estimate of drug-likeness (QED) is 0.492. The van der Waals surface area contributed by atoms with Gasteiger partial charge in [0.1, 0.15) is 11.3 Å². The Kier molecular flexibility index (Phi) is 2.97. The number of ether oxygens (including phenoxy) is 1. The van der Waals surface area contributed by atoms with Gasteiger partial charge in [0.05, 0.1) is 5.52 Å². The maximum atomic E-state index is 5.93. The fraction of sp³-hybridized carbons (Fsp3) is 0.0526. The molecule has 0 aliphatic carbocycles. The zero-order valence-corrected chi connectivity index (χ0v) is 12.2. The predicted octanol–water partition coefficient (Wildman–Crippen LogP) is 4.88. The molecule has 0 fully saturated rings. The molecule has 0 amide bonds. The Balaban J connectivity index is 1.86. The van der Waals surface area contributed by atoms with E-state index < -0.39 is 0 Å². The smallest absolute Gasteiger partial charge is 0.219 e. The van der Waals surface area contributed by atoms with Crippen molar-refractivity contribution < 1.29 is 4.74 Å². The molecule has 106 valence electrons. The summed E-state index contributed by atoms with van der Waals surface area (Å²) in [4.78, 5) is 9.11. The van der Waals surface area contributed by atoms with Gasteiger partial charge in [-0.15, -0.1) is 0 Å². The van der Waals surface area contributed by atoms with Crippen LogP contribution in [0.2, 0.25) is 0 Å². The molecule has 4 aromatic rings. The average Bonchev–Trinajstić information content (AvgIpc) is 2.57. The zero-order valence-electron chi connectivity index (χ0n) is 12.2. The van der Waals surface area contributed by atoms with Gasteiger partial charge in [-0.1, -0.05) is 36.4 Å². The monoisotopic (exact) mass is 286 g/mol. The summed E-state index contributed by atoms with van der Waals surface area (Å²) in [6.45, 7) is 2.02. The van der Waals surface area contributed by atoms with Crippen LogP contribution in [0.25, 0.3) is 21.8 Å². The van der Waals surface area contributed by atoms with E-state index in [-0.39, 0.29) is 0 Å². The molecule has 0 radical (unpaired) electrons. The summed E-state index contributed by atoms with van der Waals surface area (Å²) in [5.41, 5.74) is 2.85. The van der Waals surface area contributed by atoms with Crippen molar-refractivity contribution in [3.05, 3.63) is 72.4 Å². The van der Waals surface area contributed by atoms with Crippen LogP contribution in [0.3, 0.4) is 0 Å². The topological polar surface area (TPSA) is 35.0 Å². The van der Waals surface area contributed by atoms with Crippen LogP contribution in [0.5, 0.6) is 11.6 Å². The summed E-state index contributed by atoms with van der Waals surface area (Å²) in [5.74, 6) is 1.41. The van der Waals surface area contributed by atoms with Gasteiger partial charge in [0.2, 0.25) is 5.88 Å². The van der Waals surface area contributed by atoms with Crippen molar-refractivity contribution in [2.45, 2.75) is 6.92 Å². The van der Waals surface area contributed by atoms with Crippen LogP contribution in [-0.2, 0) is 0 Å². The third-order valence-corrected chi connectivity index (χ3v) is 3.71. The fourth-order valence-corrected chi connectivity index (χ4v) is 2.55. The van der Waals surface area contributed by atoms with Crippen LogP contribution in [-0.4, -0.2) is 9.97 Å². The van der Waals surface area contributed by atoms with E-state index in [0.717, 1.165) is 33.1 Å². The Morgan fingerprint density at radius 1 is 0.773 bits per heavy atom. The zero-order chi connectivity index (χ0) is 14.9. The first kappa shape index (κ1) is 12.8. The summed E-state index contributed by atoms with van der Waals surface area (Å²) >= 11 is 0. The Morgan fingerprint density at radius 2 is 1.55 bits per heavy atom. The lowest BCUT2D eigenvalue weighted by Crippen LogP contribution is -1.91. The Labute approximate surface area is 128 Å². The largest absolute Gasteiger partial charge is 0.439 e. The van der Waals surface area contributed by atoms with Crippen LogP contribution in [0.15, 0.2) is 66.9 Å². The molecule has 0 spiro atoms. The predicted molar refractivity (Wildman–Crippen MR) is 88.3 cm³/mol. The second-order valence-corrected chi connectivity index (χ2v) is 5.23. The standard InChI is InChI=1S/C19H14N2O/c1-13-5-2-3-7-16(13)22-17-11-10-15-9-8-14-6-4-12-20-18(14)19(15)21-17/h2-12H,1H3. The maximum absolute atomic E-state index is 5.93. The van der Waals surface area contributed by atoms with Gasteiger partial charge in [-0.3, -0.25) is 4.98 Å². The van der Waals surface area contributed by atoms with Crippen LogP contribution < -0.4 is 4.74 Å². The highest BCUT2D eigenvalue weighted by Gasteiger charge is 2.06. The minimum atomic E-state index is 0.583. The summed E-state index contributed by atoms with van der Waals surface area (Å²) in [5, 5.41) is 2.14. The summed E-state index contributed by atoms with van der Waals surface area (Å²) in [6, 6.07) is 19.9. The SMILES string of the molecule is Cc1ccccc1Oc1ccc2ccc3cccnc3c2n1. The lowest BCUT2D eigenvalue weighted by molar-refractivity contribution is 0.461. The first-order valence-corrected chi connectivity index (χ1v) is 7.19. The molecule has 3 heteroatoms. The summed E-state index contributed by atoms with van der Waals surface area (Å²) < 4.78 is 5.93. The Hall–Kier alpha value is -2.94. The number of nitrogens with zero attached hydrogens (tertiary/aromatic N) is 2. The van der Waals surface area contributed by atoms with Crippen LogP contribution in [0.4, 0.5) is 0 Å². The molecule has 4 rings (SSSR count). The van der Waals surface area contributed by atoms with Gasteiger partial charge >= 0.3 is 0 Å². The van der Waals surface area contributed by atoms with Gasteiger partial charge in [0.15, 0.2) is 0 Å². The number of aryl methyl sites for hydroxylation is 1. The number of fused-ring (bicyclic) bond motifs is 3. The highest BCUT2D eigenvalue weighted by Crippen LogP contribution is 2.27. The molecule has 0 aliphatic heterocycles. The van der Waals surface area contributed by atoms with Gasteiger partial charge in [-0.05, 0) is 30.7 Å². The van der Waals surface area contributed by atoms with E-state index in [1.807, 2.05) is 55.5 Å². The molecule has 0 atom stereocenters. The molecule has 2 aromatic carbocycles.